The molecule has 1 atom stereocenters. The van der Waals surface area contributed by atoms with E-state index >= 15 is 0 Å². The zero-order chi connectivity index (χ0) is 10.8. The van der Waals surface area contributed by atoms with Gasteiger partial charge in [0, 0.05) is 6.42 Å². The third kappa shape index (κ3) is 6.68. The maximum absolute atomic E-state index is 11.3. The standard InChI is InChI=1S/C12H21NO/c1-3-5-6-12(14)8-7-11(4-2)9-10-13/h11H,4,6-10,13H2,1-2H3. The van der Waals surface area contributed by atoms with E-state index in [9.17, 15) is 4.79 Å². The summed E-state index contributed by atoms with van der Waals surface area (Å²) in [6, 6.07) is 0. The lowest BCUT2D eigenvalue weighted by Gasteiger charge is -2.11. The highest BCUT2D eigenvalue weighted by atomic mass is 16.1. The van der Waals surface area contributed by atoms with Gasteiger partial charge in [0.25, 0.3) is 0 Å². The molecular formula is C12H21NO. The first-order valence-corrected chi connectivity index (χ1v) is 5.35. The number of Topliss-reactive ketones (excluding diaryl/α,β-unsaturated/α-hetero) is 1. The van der Waals surface area contributed by atoms with Crippen LogP contribution < -0.4 is 5.73 Å². The molecule has 0 bridgehead atoms. The second kappa shape index (κ2) is 8.77. The summed E-state index contributed by atoms with van der Waals surface area (Å²) in [7, 11) is 0. The Bertz CT molecular complexity index is 212. The maximum Gasteiger partial charge on any atom is 0.144 e. The fourth-order valence-corrected chi connectivity index (χ4v) is 1.43. The van der Waals surface area contributed by atoms with Crippen molar-refractivity contribution in [3.63, 3.8) is 0 Å². The molecule has 0 fully saturated rings. The van der Waals surface area contributed by atoms with Crippen molar-refractivity contribution in [3.8, 4) is 11.8 Å². The van der Waals surface area contributed by atoms with Crippen LogP contribution in [0.3, 0.4) is 0 Å². The van der Waals surface area contributed by atoms with Crippen molar-refractivity contribution in [2.45, 2.75) is 46.0 Å². The predicted molar refractivity (Wildman–Crippen MR) is 59.8 cm³/mol. The molecule has 0 aliphatic rings. The van der Waals surface area contributed by atoms with Crippen LogP contribution in [-0.2, 0) is 4.79 Å². The van der Waals surface area contributed by atoms with Crippen molar-refractivity contribution in [3.05, 3.63) is 0 Å². The van der Waals surface area contributed by atoms with E-state index in [1.807, 2.05) is 0 Å². The third-order valence-electron chi connectivity index (χ3n) is 2.45. The van der Waals surface area contributed by atoms with E-state index in [0.717, 1.165) is 25.8 Å². The first-order valence-electron chi connectivity index (χ1n) is 5.35. The van der Waals surface area contributed by atoms with Crippen LogP contribution in [0.1, 0.15) is 46.0 Å². The lowest BCUT2D eigenvalue weighted by molar-refractivity contribution is -0.118. The first-order chi connectivity index (χ1) is 6.74. The van der Waals surface area contributed by atoms with E-state index in [4.69, 9.17) is 5.73 Å². The molecule has 0 spiro atoms. The number of nitrogens with two attached hydrogens (primary N) is 1. The summed E-state index contributed by atoms with van der Waals surface area (Å²) in [5.41, 5.74) is 5.48. The normalized spacial score (nSPS) is 11.6. The van der Waals surface area contributed by atoms with Crippen LogP contribution in [0.25, 0.3) is 0 Å². The van der Waals surface area contributed by atoms with Crippen molar-refractivity contribution in [1.29, 1.82) is 0 Å². The van der Waals surface area contributed by atoms with Gasteiger partial charge in [0.15, 0.2) is 0 Å². The van der Waals surface area contributed by atoms with Gasteiger partial charge in [-0.25, -0.2) is 0 Å². The van der Waals surface area contributed by atoms with Crippen molar-refractivity contribution in [2.24, 2.45) is 11.7 Å². The Hall–Kier alpha value is -0.810. The summed E-state index contributed by atoms with van der Waals surface area (Å²) < 4.78 is 0. The van der Waals surface area contributed by atoms with E-state index in [0.29, 0.717) is 18.8 Å². The van der Waals surface area contributed by atoms with Crippen LogP contribution in [-0.4, -0.2) is 12.3 Å². The van der Waals surface area contributed by atoms with Gasteiger partial charge in [-0.1, -0.05) is 19.3 Å². The van der Waals surface area contributed by atoms with E-state index in [1.165, 1.54) is 0 Å². The molecular weight excluding hydrogens is 174 g/mol. The number of hydrogen-bond donors (Lipinski definition) is 1. The fraction of sp³-hybridized carbons (Fsp3) is 0.750. The molecule has 0 aromatic heterocycles. The summed E-state index contributed by atoms with van der Waals surface area (Å²) in [6.45, 7) is 4.63. The second-order valence-electron chi connectivity index (χ2n) is 3.53. The van der Waals surface area contributed by atoms with Crippen LogP contribution in [0.4, 0.5) is 0 Å². The van der Waals surface area contributed by atoms with Crippen molar-refractivity contribution < 1.29 is 4.79 Å². The second-order valence-corrected chi connectivity index (χ2v) is 3.53. The lowest BCUT2D eigenvalue weighted by atomic mass is 9.95. The SMILES string of the molecule is CC#CCC(=O)CCC(CC)CCN. The highest BCUT2D eigenvalue weighted by Crippen LogP contribution is 2.14. The van der Waals surface area contributed by atoms with E-state index in [1.54, 1.807) is 6.92 Å². The first kappa shape index (κ1) is 13.2. The molecule has 1 unspecified atom stereocenters. The van der Waals surface area contributed by atoms with Gasteiger partial charge >= 0.3 is 0 Å². The van der Waals surface area contributed by atoms with Crippen molar-refractivity contribution >= 4 is 5.78 Å². The minimum atomic E-state index is 0.259. The summed E-state index contributed by atoms with van der Waals surface area (Å²) >= 11 is 0. The largest absolute Gasteiger partial charge is 0.330 e. The van der Waals surface area contributed by atoms with Crippen LogP contribution >= 0.6 is 0 Å². The number of carbonyl (C=O) groups is 1. The minimum absolute atomic E-state index is 0.259. The smallest absolute Gasteiger partial charge is 0.144 e. The highest BCUT2D eigenvalue weighted by Gasteiger charge is 2.07. The fourth-order valence-electron chi connectivity index (χ4n) is 1.43. The molecule has 0 saturated heterocycles. The molecule has 0 aromatic rings. The van der Waals surface area contributed by atoms with Crippen molar-refractivity contribution in [2.75, 3.05) is 6.54 Å². The topological polar surface area (TPSA) is 43.1 Å². The monoisotopic (exact) mass is 195 g/mol. The molecule has 2 nitrogen and oxygen atoms in total. The molecule has 0 heterocycles. The zero-order valence-electron chi connectivity index (χ0n) is 9.31. The summed E-state index contributed by atoms with van der Waals surface area (Å²) in [6.07, 6.45) is 4.19. The molecule has 0 amide bonds. The molecule has 0 aromatic carbocycles. The van der Waals surface area contributed by atoms with Gasteiger partial charge in [-0.2, -0.15) is 0 Å². The Morgan fingerprint density at radius 3 is 2.64 bits per heavy atom. The Morgan fingerprint density at radius 2 is 2.14 bits per heavy atom. The van der Waals surface area contributed by atoms with Crippen LogP contribution in [0.15, 0.2) is 0 Å². The predicted octanol–water partition coefficient (Wildman–Crippen LogP) is 2.12. The molecule has 0 aliphatic carbocycles. The van der Waals surface area contributed by atoms with Crippen molar-refractivity contribution in [1.82, 2.24) is 0 Å². The van der Waals surface area contributed by atoms with Gasteiger partial charge in [0.2, 0.25) is 0 Å². The number of rotatable bonds is 7. The number of hydrogen-bond acceptors (Lipinski definition) is 2. The van der Waals surface area contributed by atoms with Gasteiger partial charge in [0.05, 0.1) is 6.42 Å². The molecule has 0 rings (SSSR count). The average molecular weight is 195 g/mol. The van der Waals surface area contributed by atoms with E-state index in [-0.39, 0.29) is 5.78 Å². The Kier molecular flexibility index (Phi) is 8.27. The molecule has 0 aliphatic heterocycles. The zero-order valence-corrected chi connectivity index (χ0v) is 9.31. The van der Waals surface area contributed by atoms with Gasteiger partial charge in [-0.05, 0) is 32.2 Å². The average Bonchev–Trinajstić information content (AvgIpc) is 2.21. The van der Waals surface area contributed by atoms with Gasteiger partial charge < -0.3 is 5.73 Å². The van der Waals surface area contributed by atoms with E-state index in [2.05, 4.69) is 18.8 Å². The van der Waals surface area contributed by atoms with Crippen LogP contribution in [0.5, 0.6) is 0 Å². The molecule has 14 heavy (non-hydrogen) atoms. The Balaban J connectivity index is 3.65. The molecule has 80 valence electrons. The van der Waals surface area contributed by atoms with E-state index < -0.39 is 0 Å². The minimum Gasteiger partial charge on any atom is -0.330 e. The van der Waals surface area contributed by atoms with Gasteiger partial charge in [-0.3, -0.25) is 4.79 Å². The van der Waals surface area contributed by atoms with Gasteiger partial charge in [0.1, 0.15) is 5.78 Å². The van der Waals surface area contributed by atoms with Crippen LogP contribution in [0.2, 0.25) is 0 Å². The maximum atomic E-state index is 11.3. The number of ketones is 1. The van der Waals surface area contributed by atoms with Crippen LogP contribution in [0, 0.1) is 17.8 Å². The molecule has 2 N–H and O–H groups in total. The molecule has 0 radical (unpaired) electrons. The summed E-state index contributed by atoms with van der Waals surface area (Å²) in [4.78, 5) is 11.3. The quantitative estimate of drug-likeness (QED) is 0.632. The summed E-state index contributed by atoms with van der Waals surface area (Å²) in [5.74, 6) is 6.40. The summed E-state index contributed by atoms with van der Waals surface area (Å²) in [5, 5.41) is 0. The van der Waals surface area contributed by atoms with Gasteiger partial charge in [-0.15, -0.1) is 5.92 Å². The Labute approximate surface area is 87.3 Å². The Morgan fingerprint density at radius 1 is 1.43 bits per heavy atom. The number of carbonyl (C=O) groups excluding carboxylic acids is 1. The highest BCUT2D eigenvalue weighted by molar-refractivity contribution is 5.80. The third-order valence-corrected chi connectivity index (χ3v) is 2.45. The molecule has 0 saturated carbocycles. The lowest BCUT2D eigenvalue weighted by Crippen LogP contribution is -2.09. The molecule has 2 heteroatoms.